The van der Waals surface area contributed by atoms with E-state index in [1.54, 1.807) is 26.0 Å². The molecule has 0 spiro atoms. The van der Waals surface area contributed by atoms with Gasteiger partial charge in [-0.2, -0.15) is 0 Å². The molecule has 1 aromatic heterocycles. The van der Waals surface area contributed by atoms with Gasteiger partial charge in [0.25, 0.3) is 0 Å². The first-order valence-electron chi connectivity index (χ1n) is 8.60. The van der Waals surface area contributed by atoms with E-state index < -0.39 is 4.92 Å². The van der Waals surface area contributed by atoms with E-state index in [2.05, 4.69) is 9.97 Å². The van der Waals surface area contributed by atoms with Crippen LogP contribution in [0.1, 0.15) is 19.8 Å². The Morgan fingerprint density at radius 1 is 1.42 bits per heavy atom. The van der Waals surface area contributed by atoms with E-state index in [4.69, 9.17) is 9.47 Å². The van der Waals surface area contributed by atoms with Crippen molar-refractivity contribution in [3.05, 3.63) is 16.4 Å². The van der Waals surface area contributed by atoms with Gasteiger partial charge in [0.05, 0.1) is 24.1 Å². The highest BCUT2D eigenvalue weighted by Gasteiger charge is 2.33. The molecule has 1 aliphatic rings. The number of nitro groups is 1. The molecule has 2 heterocycles. The molecule has 10 nitrogen and oxygen atoms in total. The molecule has 0 saturated carbocycles. The summed E-state index contributed by atoms with van der Waals surface area (Å²) in [4.78, 5) is 34.9. The number of hydrogen-bond donors (Lipinski definition) is 0. The number of hydrogen-bond acceptors (Lipinski definition) is 9. The minimum absolute atomic E-state index is 0.124. The maximum absolute atomic E-state index is 11.9. The van der Waals surface area contributed by atoms with Crippen LogP contribution in [0, 0.1) is 16.0 Å². The van der Waals surface area contributed by atoms with Crippen LogP contribution < -0.4 is 9.80 Å². The summed E-state index contributed by atoms with van der Waals surface area (Å²) >= 11 is 0. The van der Waals surface area contributed by atoms with Gasteiger partial charge in [0, 0.05) is 33.8 Å². The second-order valence-corrected chi connectivity index (χ2v) is 6.05. The Bertz CT molecular complexity index is 633. The lowest BCUT2D eigenvalue weighted by atomic mass is 9.97. The number of carbonyl (C=O) groups excluding carboxylic acids is 1. The average molecular weight is 367 g/mol. The van der Waals surface area contributed by atoms with Crippen molar-refractivity contribution >= 4 is 23.3 Å². The topological polar surface area (TPSA) is 111 Å². The van der Waals surface area contributed by atoms with Gasteiger partial charge in [0.1, 0.15) is 6.33 Å². The molecular weight excluding hydrogens is 342 g/mol. The fraction of sp³-hybridized carbons (Fsp3) is 0.688. The van der Waals surface area contributed by atoms with Gasteiger partial charge in [-0.3, -0.25) is 14.9 Å². The van der Waals surface area contributed by atoms with Crippen LogP contribution in [0.15, 0.2) is 6.33 Å². The van der Waals surface area contributed by atoms with Gasteiger partial charge in [-0.15, -0.1) is 0 Å². The zero-order chi connectivity index (χ0) is 19.1. The van der Waals surface area contributed by atoms with E-state index in [0.717, 1.165) is 0 Å². The molecule has 26 heavy (non-hydrogen) atoms. The zero-order valence-corrected chi connectivity index (χ0v) is 15.4. The Labute approximate surface area is 152 Å². The fourth-order valence-corrected chi connectivity index (χ4v) is 2.96. The number of piperidine rings is 1. The van der Waals surface area contributed by atoms with Crippen LogP contribution in [-0.4, -0.2) is 67.9 Å². The van der Waals surface area contributed by atoms with Crippen molar-refractivity contribution in [2.75, 3.05) is 56.8 Å². The predicted octanol–water partition coefficient (Wildman–Crippen LogP) is 1.25. The molecule has 0 bridgehead atoms. The SMILES string of the molecule is CCOC(=O)C1CCN(c2ncnc(N(C)CCOC)c2[N+](=O)[O-])CC1. The number of nitrogens with zero attached hydrogens (tertiary/aromatic N) is 5. The Balaban J connectivity index is 2.19. The summed E-state index contributed by atoms with van der Waals surface area (Å²) < 4.78 is 10.1. The van der Waals surface area contributed by atoms with E-state index in [9.17, 15) is 14.9 Å². The molecule has 1 aliphatic heterocycles. The minimum atomic E-state index is -0.453. The molecule has 0 atom stereocenters. The van der Waals surface area contributed by atoms with Gasteiger partial charge >= 0.3 is 11.7 Å². The molecule has 144 valence electrons. The molecular formula is C16H25N5O5. The van der Waals surface area contributed by atoms with E-state index in [-0.39, 0.29) is 29.2 Å². The third-order valence-electron chi connectivity index (χ3n) is 4.37. The molecule has 1 fully saturated rings. The first kappa shape index (κ1) is 19.8. The first-order chi connectivity index (χ1) is 12.5. The van der Waals surface area contributed by atoms with Crippen LogP contribution >= 0.6 is 0 Å². The van der Waals surface area contributed by atoms with Gasteiger partial charge in [0.2, 0.25) is 11.6 Å². The van der Waals surface area contributed by atoms with E-state index >= 15 is 0 Å². The predicted molar refractivity (Wildman–Crippen MR) is 95.4 cm³/mol. The lowest BCUT2D eigenvalue weighted by Gasteiger charge is -2.31. The van der Waals surface area contributed by atoms with Crippen molar-refractivity contribution in [1.29, 1.82) is 0 Å². The fourth-order valence-electron chi connectivity index (χ4n) is 2.96. The van der Waals surface area contributed by atoms with Crippen molar-refractivity contribution in [3.8, 4) is 0 Å². The van der Waals surface area contributed by atoms with Gasteiger partial charge < -0.3 is 19.3 Å². The second-order valence-electron chi connectivity index (χ2n) is 6.05. The van der Waals surface area contributed by atoms with Crippen LogP contribution in [0.2, 0.25) is 0 Å². The third-order valence-corrected chi connectivity index (χ3v) is 4.37. The minimum Gasteiger partial charge on any atom is -0.466 e. The van der Waals surface area contributed by atoms with E-state index in [1.165, 1.54) is 6.33 Å². The highest BCUT2D eigenvalue weighted by Crippen LogP contribution is 2.35. The molecule has 2 rings (SSSR count). The first-order valence-corrected chi connectivity index (χ1v) is 8.60. The summed E-state index contributed by atoms with van der Waals surface area (Å²) in [7, 11) is 3.30. The summed E-state index contributed by atoms with van der Waals surface area (Å²) in [6.07, 6.45) is 2.49. The molecule has 1 aromatic rings. The van der Waals surface area contributed by atoms with Crippen molar-refractivity contribution in [2.45, 2.75) is 19.8 Å². The van der Waals surface area contributed by atoms with E-state index in [1.807, 2.05) is 4.90 Å². The summed E-state index contributed by atoms with van der Waals surface area (Å²) in [5.74, 6) is 0.163. The maximum Gasteiger partial charge on any atom is 0.353 e. The molecule has 0 radical (unpaired) electrons. The zero-order valence-electron chi connectivity index (χ0n) is 15.4. The Morgan fingerprint density at radius 2 is 2.12 bits per heavy atom. The number of rotatable bonds is 8. The number of esters is 1. The highest BCUT2D eigenvalue weighted by atomic mass is 16.6. The van der Waals surface area contributed by atoms with Crippen LogP contribution in [0.3, 0.4) is 0 Å². The summed E-state index contributed by atoms with van der Waals surface area (Å²) in [5.41, 5.74) is -0.124. The quantitative estimate of drug-likeness (QED) is 0.380. The summed E-state index contributed by atoms with van der Waals surface area (Å²) in [5, 5.41) is 11.7. The van der Waals surface area contributed by atoms with Crippen LogP contribution in [0.5, 0.6) is 0 Å². The number of carbonyl (C=O) groups is 1. The maximum atomic E-state index is 11.9. The Hall–Kier alpha value is -2.49. The number of aromatic nitrogens is 2. The van der Waals surface area contributed by atoms with Crippen LogP contribution in [0.25, 0.3) is 0 Å². The summed E-state index contributed by atoms with van der Waals surface area (Å²) in [6.45, 7) is 4.04. The van der Waals surface area contributed by atoms with Gasteiger partial charge in [0.15, 0.2) is 0 Å². The number of ether oxygens (including phenoxy) is 2. The number of likely N-dealkylation sites (N-methyl/N-ethyl adjacent to an activating group) is 1. The lowest BCUT2D eigenvalue weighted by Crippen LogP contribution is -2.38. The Kier molecular flexibility index (Phi) is 7.07. The highest BCUT2D eigenvalue weighted by molar-refractivity contribution is 5.74. The largest absolute Gasteiger partial charge is 0.466 e. The van der Waals surface area contributed by atoms with Crippen molar-refractivity contribution < 1.29 is 19.2 Å². The molecule has 1 saturated heterocycles. The normalized spacial score (nSPS) is 15.0. The monoisotopic (exact) mass is 367 g/mol. The van der Waals surface area contributed by atoms with Gasteiger partial charge in [-0.1, -0.05) is 0 Å². The van der Waals surface area contributed by atoms with Crippen molar-refractivity contribution in [1.82, 2.24) is 9.97 Å². The smallest absolute Gasteiger partial charge is 0.353 e. The van der Waals surface area contributed by atoms with Crippen molar-refractivity contribution in [3.63, 3.8) is 0 Å². The van der Waals surface area contributed by atoms with Crippen LogP contribution in [-0.2, 0) is 14.3 Å². The van der Waals surface area contributed by atoms with Gasteiger partial charge in [-0.25, -0.2) is 9.97 Å². The molecule has 0 aliphatic carbocycles. The molecule has 0 N–H and O–H groups in total. The van der Waals surface area contributed by atoms with E-state index in [0.29, 0.717) is 45.7 Å². The lowest BCUT2D eigenvalue weighted by molar-refractivity contribution is -0.383. The standard InChI is InChI=1S/C16H25N5O5/c1-4-26-16(22)12-5-7-20(8-6-12)15-13(21(23)24)14(17-11-18-15)19(2)9-10-25-3/h11-12H,4-10H2,1-3H3. The number of methoxy groups -OCH3 is 1. The van der Waals surface area contributed by atoms with Gasteiger partial charge in [-0.05, 0) is 19.8 Å². The van der Waals surface area contributed by atoms with Crippen LogP contribution in [0.4, 0.5) is 17.3 Å². The molecule has 0 aromatic carbocycles. The molecule has 0 amide bonds. The average Bonchev–Trinajstić information content (AvgIpc) is 2.65. The number of anilines is 2. The molecule has 10 heteroatoms. The molecule has 0 unspecified atom stereocenters. The summed E-state index contributed by atoms with van der Waals surface area (Å²) in [6, 6.07) is 0. The Morgan fingerprint density at radius 3 is 2.69 bits per heavy atom. The second kappa shape index (κ2) is 9.27. The third kappa shape index (κ3) is 4.57. The van der Waals surface area contributed by atoms with Crippen molar-refractivity contribution in [2.24, 2.45) is 5.92 Å².